The van der Waals surface area contributed by atoms with Crippen LogP contribution in [0, 0.1) is 0 Å². The van der Waals surface area contributed by atoms with Gasteiger partial charge in [-0.15, -0.1) is 11.3 Å². The van der Waals surface area contributed by atoms with Crippen LogP contribution in [0.4, 0.5) is 0 Å². The lowest BCUT2D eigenvalue weighted by atomic mass is 9.99. The third kappa shape index (κ3) is 3.78. The van der Waals surface area contributed by atoms with Crippen molar-refractivity contribution < 1.29 is 5.11 Å². The van der Waals surface area contributed by atoms with Gasteiger partial charge in [-0.25, -0.2) is 9.97 Å². The predicted octanol–water partition coefficient (Wildman–Crippen LogP) is 4.67. The third-order valence-corrected chi connectivity index (χ3v) is 7.08. The summed E-state index contributed by atoms with van der Waals surface area (Å²) in [7, 11) is 0. The van der Waals surface area contributed by atoms with Crippen LogP contribution in [0.2, 0.25) is 5.02 Å². The van der Waals surface area contributed by atoms with Crippen molar-refractivity contribution in [2.24, 2.45) is 0 Å². The van der Waals surface area contributed by atoms with Crippen LogP contribution in [-0.4, -0.2) is 44.2 Å². The molecule has 1 fully saturated rings. The molecular weight excluding hydrogens is 404 g/mol. The molecule has 3 heterocycles. The molecule has 1 aliphatic rings. The van der Waals surface area contributed by atoms with Gasteiger partial charge in [0.2, 0.25) is 0 Å². The minimum Gasteiger partial charge on any atom is -0.395 e. The van der Waals surface area contributed by atoms with Gasteiger partial charge in [0.05, 0.1) is 39.4 Å². The Hall–Kier alpha value is -1.99. The number of aliphatic hydroxyl groups excluding tert-OH is 1. The Morgan fingerprint density at radius 3 is 2.90 bits per heavy atom. The van der Waals surface area contributed by atoms with E-state index in [1.165, 1.54) is 16.1 Å². The Balaban J connectivity index is 1.39. The van der Waals surface area contributed by atoms with Crippen molar-refractivity contribution in [2.75, 3.05) is 19.7 Å². The second-order valence-electron chi connectivity index (χ2n) is 7.63. The number of likely N-dealkylation sites (tertiary alicyclic amines) is 1. The number of thiazole rings is 1. The van der Waals surface area contributed by atoms with E-state index in [4.69, 9.17) is 21.6 Å². The van der Waals surface area contributed by atoms with Crippen LogP contribution >= 0.6 is 22.9 Å². The van der Waals surface area contributed by atoms with E-state index in [1.807, 2.05) is 29.5 Å². The van der Waals surface area contributed by atoms with E-state index in [9.17, 15) is 5.11 Å². The average molecular weight is 427 g/mol. The highest BCUT2D eigenvalue weighted by Crippen LogP contribution is 2.33. The normalized spacial score (nSPS) is 18.1. The number of piperidine rings is 1. The van der Waals surface area contributed by atoms with Crippen LogP contribution in [0.25, 0.3) is 21.3 Å². The molecular formula is C22H23ClN4OS. The van der Waals surface area contributed by atoms with Gasteiger partial charge >= 0.3 is 0 Å². The van der Waals surface area contributed by atoms with Crippen molar-refractivity contribution in [1.29, 1.82) is 0 Å². The van der Waals surface area contributed by atoms with Crippen LogP contribution in [0.1, 0.15) is 29.6 Å². The summed E-state index contributed by atoms with van der Waals surface area (Å²) in [5.41, 5.74) is 3.02. The lowest BCUT2D eigenvalue weighted by Crippen LogP contribution is -2.34. The lowest BCUT2D eigenvalue weighted by molar-refractivity contribution is 0.191. The first-order chi connectivity index (χ1) is 14.2. The lowest BCUT2D eigenvalue weighted by Gasteiger charge is -2.31. The van der Waals surface area contributed by atoms with Crippen molar-refractivity contribution in [3.8, 4) is 0 Å². The van der Waals surface area contributed by atoms with Gasteiger partial charge < -0.3 is 9.67 Å². The van der Waals surface area contributed by atoms with Gasteiger partial charge in [0.25, 0.3) is 0 Å². The van der Waals surface area contributed by atoms with Crippen molar-refractivity contribution in [2.45, 2.75) is 31.8 Å². The van der Waals surface area contributed by atoms with Crippen molar-refractivity contribution >= 4 is 44.2 Å². The van der Waals surface area contributed by atoms with Gasteiger partial charge in [-0.1, -0.05) is 23.7 Å². The number of hydrogen-bond donors (Lipinski definition) is 1. The molecule has 2 aromatic heterocycles. The first kappa shape index (κ1) is 19.0. The Kier molecular flexibility index (Phi) is 5.26. The summed E-state index contributed by atoms with van der Waals surface area (Å²) in [5.74, 6) is 1.45. The predicted molar refractivity (Wildman–Crippen MR) is 119 cm³/mol. The molecule has 0 spiro atoms. The van der Waals surface area contributed by atoms with E-state index in [-0.39, 0.29) is 6.61 Å². The zero-order valence-corrected chi connectivity index (χ0v) is 17.7. The van der Waals surface area contributed by atoms with Crippen LogP contribution in [0.5, 0.6) is 0 Å². The molecule has 1 saturated heterocycles. The minimum atomic E-state index is 0.0826. The van der Waals surface area contributed by atoms with Crippen molar-refractivity contribution in [3.63, 3.8) is 0 Å². The molecule has 1 atom stereocenters. The Morgan fingerprint density at radius 1 is 1.14 bits per heavy atom. The SMILES string of the molecule is OCCn1c(CN2CCC[C@@H](c3nc4ccccc4s3)C2)nc2ccc(Cl)cc21. The molecule has 5 nitrogen and oxygen atoms in total. The molecule has 2 aromatic carbocycles. The molecule has 5 rings (SSSR count). The van der Waals surface area contributed by atoms with Gasteiger partial charge in [0.1, 0.15) is 5.82 Å². The summed E-state index contributed by atoms with van der Waals surface area (Å²) >= 11 is 8.02. The van der Waals surface area contributed by atoms with Crippen LogP contribution in [0.15, 0.2) is 42.5 Å². The monoisotopic (exact) mass is 426 g/mol. The van der Waals surface area contributed by atoms with Crippen LogP contribution < -0.4 is 0 Å². The second-order valence-corrected chi connectivity index (χ2v) is 9.13. The number of rotatable bonds is 5. The summed E-state index contributed by atoms with van der Waals surface area (Å²) in [6, 6.07) is 14.1. The fourth-order valence-corrected chi connectivity index (χ4v) is 5.54. The highest BCUT2D eigenvalue weighted by Gasteiger charge is 2.25. The van der Waals surface area contributed by atoms with E-state index < -0.39 is 0 Å². The molecule has 1 N–H and O–H groups in total. The van der Waals surface area contributed by atoms with E-state index in [1.54, 1.807) is 0 Å². The zero-order chi connectivity index (χ0) is 19.8. The van der Waals surface area contributed by atoms with Gasteiger partial charge in [0.15, 0.2) is 0 Å². The highest BCUT2D eigenvalue weighted by molar-refractivity contribution is 7.18. The molecule has 4 aromatic rings. The Bertz CT molecular complexity index is 1120. The molecule has 0 bridgehead atoms. The topological polar surface area (TPSA) is 54.2 Å². The fourth-order valence-electron chi connectivity index (χ4n) is 4.28. The molecule has 0 saturated carbocycles. The first-order valence-corrected chi connectivity index (χ1v) is 11.2. The van der Waals surface area contributed by atoms with E-state index in [2.05, 4.69) is 33.7 Å². The number of aliphatic hydroxyl groups is 1. The van der Waals surface area contributed by atoms with Crippen molar-refractivity contribution in [3.05, 3.63) is 58.3 Å². The molecule has 0 radical (unpaired) electrons. The number of imidazole rings is 1. The van der Waals surface area contributed by atoms with E-state index >= 15 is 0 Å². The van der Waals surface area contributed by atoms with E-state index in [0.29, 0.717) is 17.5 Å². The number of benzene rings is 2. The van der Waals surface area contributed by atoms with Crippen LogP contribution in [0.3, 0.4) is 0 Å². The summed E-state index contributed by atoms with van der Waals surface area (Å²) in [4.78, 5) is 12.2. The highest BCUT2D eigenvalue weighted by atomic mass is 35.5. The Labute approximate surface area is 178 Å². The standard InChI is InChI=1S/C22H23ClN4OS/c23-16-7-8-17-19(12-16)27(10-11-28)21(24-17)14-26-9-3-4-15(13-26)22-25-18-5-1-2-6-20(18)29-22/h1-2,5-8,12,15,28H,3-4,9-11,13-14H2/t15-/m1/s1. The molecule has 1 aliphatic heterocycles. The molecule has 150 valence electrons. The quantitative estimate of drug-likeness (QED) is 0.503. The summed E-state index contributed by atoms with van der Waals surface area (Å²) < 4.78 is 3.36. The summed E-state index contributed by atoms with van der Waals surface area (Å²) in [6.45, 7) is 3.43. The number of halogens is 1. The first-order valence-electron chi connectivity index (χ1n) is 10.0. The van der Waals surface area contributed by atoms with E-state index in [0.717, 1.165) is 48.4 Å². The zero-order valence-electron chi connectivity index (χ0n) is 16.1. The maximum absolute atomic E-state index is 9.55. The number of aromatic nitrogens is 3. The number of nitrogens with zero attached hydrogens (tertiary/aromatic N) is 4. The van der Waals surface area contributed by atoms with Gasteiger partial charge in [-0.3, -0.25) is 4.90 Å². The number of para-hydroxylation sites is 1. The molecule has 0 unspecified atom stereocenters. The molecule has 0 aliphatic carbocycles. The third-order valence-electron chi connectivity index (χ3n) is 5.64. The molecule has 29 heavy (non-hydrogen) atoms. The summed E-state index contributed by atoms with van der Waals surface area (Å²) in [6.07, 6.45) is 2.34. The number of fused-ring (bicyclic) bond motifs is 2. The average Bonchev–Trinajstić information content (AvgIpc) is 3.30. The van der Waals surface area contributed by atoms with Crippen molar-refractivity contribution in [1.82, 2.24) is 19.4 Å². The fraction of sp³-hybridized carbons (Fsp3) is 0.364. The smallest absolute Gasteiger partial charge is 0.124 e. The molecule has 0 amide bonds. The largest absolute Gasteiger partial charge is 0.395 e. The molecule has 7 heteroatoms. The van der Waals surface area contributed by atoms with Gasteiger partial charge in [-0.2, -0.15) is 0 Å². The summed E-state index contributed by atoms with van der Waals surface area (Å²) in [5, 5.41) is 11.5. The maximum atomic E-state index is 9.55. The number of hydrogen-bond acceptors (Lipinski definition) is 5. The van der Waals surface area contributed by atoms with Gasteiger partial charge in [-0.05, 0) is 49.7 Å². The maximum Gasteiger partial charge on any atom is 0.124 e. The van der Waals surface area contributed by atoms with Crippen LogP contribution in [-0.2, 0) is 13.1 Å². The second kappa shape index (κ2) is 8.03. The van der Waals surface area contributed by atoms with Gasteiger partial charge in [0, 0.05) is 24.0 Å². The minimum absolute atomic E-state index is 0.0826. The Morgan fingerprint density at radius 2 is 2.03 bits per heavy atom.